The van der Waals surface area contributed by atoms with Gasteiger partial charge in [0, 0.05) is 6.21 Å². The highest BCUT2D eigenvalue weighted by atomic mass is 14.3. The Morgan fingerprint density at radius 3 is 2.44 bits per heavy atom. The third-order valence-corrected chi connectivity index (χ3v) is 0.968. The largest absolute Gasteiger partial charge is 0.309 e. The summed E-state index contributed by atoms with van der Waals surface area (Å²) in [5.74, 6) is 0. The van der Waals surface area contributed by atoms with Gasteiger partial charge in [0.15, 0.2) is 0 Å². The lowest BCUT2D eigenvalue weighted by Crippen LogP contribution is -1.63. The van der Waals surface area contributed by atoms with Crippen molar-refractivity contribution in [2.75, 3.05) is 0 Å². The summed E-state index contributed by atoms with van der Waals surface area (Å²) in [6.45, 7) is 2.01. The highest BCUT2D eigenvalue weighted by molar-refractivity contribution is 5.67. The minimum atomic E-state index is 1.04. The zero-order chi connectivity index (χ0) is 6.95. The first-order valence-electron chi connectivity index (χ1n) is 3.18. The van der Waals surface area contributed by atoms with E-state index in [1.54, 1.807) is 6.08 Å². The van der Waals surface area contributed by atoms with Crippen LogP contribution >= 0.6 is 0 Å². The molecule has 0 saturated heterocycles. The normalized spacial score (nSPS) is 11.2. The Kier molecular flexibility index (Phi) is 6.47. The monoisotopic (exact) mass is 123 g/mol. The van der Waals surface area contributed by atoms with Crippen molar-refractivity contribution < 1.29 is 0 Å². The molecule has 0 fully saturated rings. The van der Waals surface area contributed by atoms with Gasteiger partial charge in [0.05, 0.1) is 0 Å². The van der Waals surface area contributed by atoms with Gasteiger partial charge in [0.2, 0.25) is 0 Å². The number of unbranched alkanes of at least 4 members (excludes halogenated alkanes) is 1. The molecule has 0 atom stereocenters. The molecule has 0 radical (unpaired) electrons. The summed E-state index contributed by atoms with van der Waals surface area (Å²) in [5, 5.41) is 6.65. The van der Waals surface area contributed by atoms with E-state index in [0.29, 0.717) is 0 Å². The fourth-order valence-corrected chi connectivity index (χ4v) is 0.523. The van der Waals surface area contributed by atoms with E-state index in [0.717, 1.165) is 12.8 Å². The molecule has 0 aromatic carbocycles. The average Bonchev–Trinajstić information content (AvgIpc) is 1.89. The predicted molar refractivity (Wildman–Crippen MR) is 42.0 cm³/mol. The summed E-state index contributed by atoms with van der Waals surface area (Å²) < 4.78 is 0. The van der Waals surface area contributed by atoms with Gasteiger partial charge in [-0.05, 0) is 25.8 Å². The highest BCUT2D eigenvalue weighted by Gasteiger charge is 1.71. The first-order valence-corrected chi connectivity index (χ1v) is 3.18. The van der Waals surface area contributed by atoms with Crippen LogP contribution in [0.3, 0.4) is 0 Å². The number of nitrogens with one attached hydrogen (secondary N) is 1. The molecular formula is C8H13N. The second-order valence-electron chi connectivity index (χ2n) is 1.74. The fraction of sp³-hybridized carbons (Fsp3) is 0.375. The third kappa shape index (κ3) is 7.15. The number of rotatable bonds is 4. The van der Waals surface area contributed by atoms with Gasteiger partial charge in [-0.15, -0.1) is 0 Å². The Hall–Kier alpha value is -0.850. The summed E-state index contributed by atoms with van der Waals surface area (Å²) in [5.41, 5.74) is 0. The molecule has 0 unspecified atom stereocenters. The molecule has 1 nitrogen and oxygen atoms in total. The van der Waals surface area contributed by atoms with E-state index in [4.69, 9.17) is 5.41 Å². The molecule has 1 heteroatoms. The van der Waals surface area contributed by atoms with Crippen LogP contribution < -0.4 is 0 Å². The van der Waals surface area contributed by atoms with Crippen molar-refractivity contribution in [1.82, 2.24) is 0 Å². The van der Waals surface area contributed by atoms with Gasteiger partial charge in [-0.3, -0.25) is 0 Å². The van der Waals surface area contributed by atoms with Crippen LogP contribution in [0.5, 0.6) is 0 Å². The second kappa shape index (κ2) is 7.15. The number of hydrogen-bond donors (Lipinski definition) is 1. The van der Waals surface area contributed by atoms with Crippen LogP contribution in [0.25, 0.3) is 0 Å². The van der Waals surface area contributed by atoms with Gasteiger partial charge >= 0.3 is 0 Å². The smallest absolute Gasteiger partial charge is 0.0174 e. The van der Waals surface area contributed by atoms with E-state index < -0.39 is 0 Å². The maximum absolute atomic E-state index is 6.65. The summed E-state index contributed by atoms with van der Waals surface area (Å²) in [6.07, 6.45) is 11.3. The first-order chi connectivity index (χ1) is 4.41. The van der Waals surface area contributed by atoms with Crippen molar-refractivity contribution in [2.24, 2.45) is 0 Å². The van der Waals surface area contributed by atoms with E-state index in [9.17, 15) is 0 Å². The summed E-state index contributed by atoms with van der Waals surface area (Å²) >= 11 is 0. The van der Waals surface area contributed by atoms with Gasteiger partial charge in [-0.1, -0.05) is 18.2 Å². The van der Waals surface area contributed by atoms with Gasteiger partial charge < -0.3 is 5.41 Å². The second-order valence-corrected chi connectivity index (χ2v) is 1.74. The van der Waals surface area contributed by atoms with E-state index in [1.165, 1.54) is 6.21 Å². The molecule has 0 bridgehead atoms. The molecule has 0 saturated carbocycles. The Labute approximate surface area is 56.6 Å². The van der Waals surface area contributed by atoms with Gasteiger partial charge in [-0.2, -0.15) is 0 Å². The van der Waals surface area contributed by atoms with Crippen molar-refractivity contribution >= 4 is 6.21 Å². The van der Waals surface area contributed by atoms with Crippen molar-refractivity contribution in [1.29, 1.82) is 5.41 Å². The maximum atomic E-state index is 6.65. The first kappa shape index (κ1) is 8.15. The minimum absolute atomic E-state index is 1.04. The van der Waals surface area contributed by atoms with Gasteiger partial charge in [0.25, 0.3) is 0 Å². The topological polar surface area (TPSA) is 23.9 Å². The van der Waals surface area contributed by atoms with Crippen LogP contribution in [0.2, 0.25) is 0 Å². The molecule has 0 spiro atoms. The lowest BCUT2D eigenvalue weighted by atomic mass is 10.3. The fourth-order valence-electron chi connectivity index (χ4n) is 0.523. The molecule has 0 aromatic rings. The van der Waals surface area contributed by atoms with Crippen LogP contribution in [0, 0.1) is 5.41 Å². The summed E-state index contributed by atoms with van der Waals surface area (Å²) in [7, 11) is 0. The lowest BCUT2D eigenvalue weighted by Gasteiger charge is -1.81. The molecule has 0 heterocycles. The standard InChI is InChI=1S/C8H13N/c1-2-3-4-5-6-7-8-9/h2-3,6-9H,4-5H2,1H3. The molecule has 0 aliphatic rings. The van der Waals surface area contributed by atoms with E-state index in [-0.39, 0.29) is 0 Å². The quantitative estimate of drug-likeness (QED) is 0.337. The van der Waals surface area contributed by atoms with Crippen molar-refractivity contribution in [3.05, 3.63) is 24.3 Å². The Balaban J connectivity index is 3.08. The zero-order valence-corrected chi connectivity index (χ0v) is 5.80. The number of allylic oxidation sites excluding steroid dienone is 4. The summed E-state index contributed by atoms with van der Waals surface area (Å²) in [4.78, 5) is 0. The van der Waals surface area contributed by atoms with E-state index >= 15 is 0 Å². The molecule has 0 aliphatic heterocycles. The van der Waals surface area contributed by atoms with Crippen molar-refractivity contribution in [3.8, 4) is 0 Å². The highest BCUT2D eigenvalue weighted by Crippen LogP contribution is 1.90. The van der Waals surface area contributed by atoms with E-state index in [1.807, 2.05) is 19.1 Å². The summed E-state index contributed by atoms with van der Waals surface area (Å²) in [6, 6.07) is 0. The van der Waals surface area contributed by atoms with Crippen LogP contribution in [0.15, 0.2) is 24.3 Å². The zero-order valence-electron chi connectivity index (χ0n) is 5.80. The molecule has 0 aliphatic carbocycles. The van der Waals surface area contributed by atoms with Crippen LogP contribution in [-0.4, -0.2) is 6.21 Å². The average molecular weight is 123 g/mol. The van der Waals surface area contributed by atoms with Gasteiger partial charge in [-0.25, -0.2) is 0 Å². The Morgan fingerprint density at radius 1 is 1.22 bits per heavy atom. The lowest BCUT2D eigenvalue weighted by molar-refractivity contribution is 1.05. The Morgan fingerprint density at radius 2 is 1.89 bits per heavy atom. The molecule has 1 N–H and O–H groups in total. The minimum Gasteiger partial charge on any atom is -0.309 e. The molecule has 9 heavy (non-hydrogen) atoms. The maximum Gasteiger partial charge on any atom is 0.0174 e. The van der Waals surface area contributed by atoms with Crippen molar-refractivity contribution in [3.63, 3.8) is 0 Å². The SMILES string of the molecule is CC=CCCC=CC=N. The predicted octanol–water partition coefficient (Wildman–Crippen LogP) is 2.55. The van der Waals surface area contributed by atoms with Crippen LogP contribution in [-0.2, 0) is 0 Å². The molecule has 0 amide bonds. The third-order valence-electron chi connectivity index (χ3n) is 0.968. The van der Waals surface area contributed by atoms with Crippen LogP contribution in [0.4, 0.5) is 0 Å². The molecule has 50 valence electrons. The molecular weight excluding hydrogens is 110 g/mol. The molecule has 0 rings (SSSR count). The van der Waals surface area contributed by atoms with Crippen LogP contribution in [0.1, 0.15) is 19.8 Å². The van der Waals surface area contributed by atoms with Gasteiger partial charge in [0.1, 0.15) is 0 Å². The Bertz CT molecular complexity index is 112. The van der Waals surface area contributed by atoms with Crippen molar-refractivity contribution in [2.45, 2.75) is 19.8 Å². The van der Waals surface area contributed by atoms with E-state index in [2.05, 4.69) is 6.08 Å². The molecule has 0 aromatic heterocycles. The number of hydrogen-bond acceptors (Lipinski definition) is 1.